The third-order valence-corrected chi connectivity index (χ3v) is 2.68. The predicted molar refractivity (Wildman–Crippen MR) is 48.4 cm³/mol. The van der Waals surface area contributed by atoms with E-state index in [1.54, 1.807) is 0 Å². The molecule has 0 aromatic heterocycles. The minimum atomic E-state index is -4.28. The highest BCUT2D eigenvalue weighted by atomic mass is 19.4. The van der Waals surface area contributed by atoms with Gasteiger partial charge in [-0.15, -0.1) is 0 Å². The Morgan fingerprint density at radius 1 is 1.27 bits per heavy atom. The van der Waals surface area contributed by atoms with Crippen molar-refractivity contribution < 1.29 is 23.4 Å². The van der Waals surface area contributed by atoms with Crippen LogP contribution in [-0.4, -0.2) is 53.1 Å². The summed E-state index contributed by atoms with van der Waals surface area (Å²) in [5, 5.41) is 18.2. The zero-order chi connectivity index (χ0) is 11.5. The van der Waals surface area contributed by atoms with E-state index >= 15 is 0 Å². The molecule has 0 aliphatic heterocycles. The van der Waals surface area contributed by atoms with Crippen molar-refractivity contribution in [1.82, 2.24) is 4.90 Å². The molecule has 0 radical (unpaired) electrons. The predicted octanol–water partition coefficient (Wildman–Crippen LogP) is 0.756. The van der Waals surface area contributed by atoms with E-state index in [2.05, 4.69) is 0 Å². The first-order valence-electron chi connectivity index (χ1n) is 5.04. The van der Waals surface area contributed by atoms with Crippen molar-refractivity contribution in [2.24, 2.45) is 0 Å². The molecule has 0 saturated heterocycles. The summed E-state index contributed by atoms with van der Waals surface area (Å²) < 4.78 is 36.6. The normalized spacial score (nSPS) is 27.6. The molecule has 6 heteroatoms. The van der Waals surface area contributed by atoms with Crippen molar-refractivity contribution in [3.8, 4) is 0 Å². The fourth-order valence-corrected chi connectivity index (χ4v) is 2.07. The fourth-order valence-electron chi connectivity index (χ4n) is 2.07. The standard InChI is InChI=1S/C9H16F3NO2/c10-9(11,12)6-13(4-5-14)7-2-1-3-8(7)15/h7-8,14-15H,1-6H2. The summed E-state index contributed by atoms with van der Waals surface area (Å²) in [4.78, 5) is 1.12. The van der Waals surface area contributed by atoms with Crippen LogP contribution < -0.4 is 0 Å². The van der Waals surface area contributed by atoms with Gasteiger partial charge in [0.1, 0.15) is 0 Å². The first-order chi connectivity index (χ1) is 6.94. The van der Waals surface area contributed by atoms with Crippen LogP contribution in [0.5, 0.6) is 0 Å². The van der Waals surface area contributed by atoms with Gasteiger partial charge >= 0.3 is 6.18 Å². The summed E-state index contributed by atoms with van der Waals surface area (Å²) in [6, 6.07) is -0.459. The van der Waals surface area contributed by atoms with Crippen LogP contribution in [0.25, 0.3) is 0 Å². The average molecular weight is 227 g/mol. The van der Waals surface area contributed by atoms with Crippen molar-refractivity contribution >= 4 is 0 Å². The summed E-state index contributed by atoms with van der Waals surface area (Å²) in [7, 11) is 0. The van der Waals surface area contributed by atoms with E-state index in [0.29, 0.717) is 12.8 Å². The van der Waals surface area contributed by atoms with Gasteiger partial charge < -0.3 is 10.2 Å². The lowest BCUT2D eigenvalue weighted by Crippen LogP contribution is -2.46. The molecule has 90 valence electrons. The second-order valence-corrected chi connectivity index (χ2v) is 3.87. The minimum Gasteiger partial charge on any atom is -0.395 e. The van der Waals surface area contributed by atoms with Gasteiger partial charge in [0, 0.05) is 12.6 Å². The van der Waals surface area contributed by atoms with Crippen LogP contribution in [0.4, 0.5) is 13.2 Å². The van der Waals surface area contributed by atoms with E-state index in [-0.39, 0.29) is 13.2 Å². The molecule has 2 N–H and O–H groups in total. The second kappa shape index (κ2) is 5.14. The van der Waals surface area contributed by atoms with Gasteiger partial charge in [-0.1, -0.05) is 0 Å². The van der Waals surface area contributed by atoms with Crippen LogP contribution in [0.15, 0.2) is 0 Å². The molecule has 15 heavy (non-hydrogen) atoms. The number of nitrogens with zero attached hydrogens (tertiary/aromatic N) is 1. The zero-order valence-electron chi connectivity index (χ0n) is 8.37. The number of hydrogen-bond acceptors (Lipinski definition) is 3. The number of rotatable bonds is 4. The van der Waals surface area contributed by atoms with Gasteiger partial charge in [-0.25, -0.2) is 0 Å². The van der Waals surface area contributed by atoms with Crippen LogP contribution in [0.1, 0.15) is 19.3 Å². The lowest BCUT2D eigenvalue weighted by Gasteiger charge is -2.30. The number of alkyl halides is 3. The van der Waals surface area contributed by atoms with E-state index < -0.39 is 24.9 Å². The summed E-state index contributed by atoms with van der Waals surface area (Å²) in [6.07, 6.45) is -3.12. The molecule has 1 rings (SSSR count). The quantitative estimate of drug-likeness (QED) is 0.745. The van der Waals surface area contributed by atoms with E-state index in [1.807, 2.05) is 0 Å². The van der Waals surface area contributed by atoms with Gasteiger partial charge in [-0.3, -0.25) is 4.90 Å². The molecular formula is C9H16F3NO2. The molecule has 0 bridgehead atoms. The first kappa shape index (κ1) is 12.7. The lowest BCUT2D eigenvalue weighted by atomic mass is 10.2. The Balaban J connectivity index is 2.56. The van der Waals surface area contributed by atoms with Crippen molar-refractivity contribution in [3.05, 3.63) is 0 Å². The zero-order valence-corrected chi connectivity index (χ0v) is 8.37. The molecule has 2 unspecified atom stereocenters. The van der Waals surface area contributed by atoms with Crippen molar-refractivity contribution in [1.29, 1.82) is 0 Å². The summed E-state index contributed by atoms with van der Waals surface area (Å²) in [5.41, 5.74) is 0. The molecule has 0 spiro atoms. The highest BCUT2D eigenvalue weighted by molar-refractivity contribution is 4.86. The molecule has 3 nitrogen and oxygen atoms in total. The average Bonchev–Trinajstić information content (AvgIpc) is 2.48. The topological polar surface area (TPSA) is 43.7 Å². The fraction of sp³-hybridized carbons (Fsp3) is 1.00. The van der Waals surface area contributed by atoms with Gasteiger partial charge in [0.2, 0.25) is 0 Å². The highest BCUT2D eigenvalue weighted by Gasteiger charge is 2.37. The molecule has 0 heterocycles. The molecule has 0 aromatic carbocycles. The van der Waals surface area contributed by atoms with E-state index in [4.69, 9.17) is 5.11 Å². The maximum Gasteiger partial charge on any atom is 0.401 e. The monoisotopic (exact) mass is 227 g/mol. The Kier molecular flexibility index (Phi) is 4.36. The lowest BCUT2D eigenvalue weighted by molar-refractivity contribution is -0.155. The Morgan fingerprint density at radius 2 is 1.93 bits per heavy atom. The van der Waals surface area contributed by atoms with E-state index in [0.717, 1.165) is 11.3 Å². The molecule has 1 fully saturated rings. The molecular weight excluding hydrogens is 211 g/mol. The van der Waals surface area contributed by atoms with E-state index in [1.165, 1.54) is 0 Å². The molecule has 1 saturated carbocycles. The number of aliphatic hydroxyl groups excluding tert-OH is 2. The highest BCUT2D eigenvalue weighted by Crippen LogP contribution is 2.27. The minimum absolute atomic E-state index is 0.0404. The number of hydrogen-bond donors (Lipinski definition) is 2. The van der Waals surface area contributed by atoms with Gasteiger partial charge in [0.15, 0.2) is 0 Å². The molecule has 2 atom stereocenters. The summed E-state index contributed by atoms with van der Waals surface area (Å²) in [6.45, 7) is -1.42. The van der Waals surface area contributed by atoms with Crippen molar-refractivity contribution in [2.75, 3.05) is 19.7 Å². The van der Waals surface area contributed by atoms with Gasteiger partial charge in [-0.2, -0.15) is 13.2 Å². The van der Waals surface area contributed by atoms with Crippen molar-refractivity contribution in [2.45, 2.75) is 37.6 Å². The second-order valence-electron chi connectivity index (χ2n) is 3.87. The van der Waals surface area contributed by atoms with Crippen LogP contribution in [0.3, 0.4) is 0 Å². The summed E-state index contributed by atoms with van der Waals surface area (Å²) >= 11 is 0. The Morgan fingerprint density at radius 3 is 2.33 bits per heavy atom. The van der Waals surface area contributed by atoms with Gasteiger partial charge in [-0.05, 0) is 19.3 Å². The molecule has 0 aromatic rings. The Bertz CT molecular complexity index is 198. The SMILES string of the molecule is OCCN(CC(F)(F)F)C1CCCC1O. The number of halogens is 3. The molecule has 1 aliphatic carbocycles. The molecule has 0 amide bonds. The largest absolute Gasteiger partial charge is 0.401 e. The van der Waals surface area contributed by atoms with Gasteiger partial charge in [0.05, 0.1) is 19.3 Å². The van der Waals surface area contributed by atoms with E-state index in [9.17, 15) is 18.3 Å². The summed E-state index contributed by atoms with van der Waals surface area (Å²) in [5.74, 6) is 0. The Hall–Kier alpha value is -0.330. The maximum absolute atomic E-state index is 12.2. The smallest absolute Gasteiger partial charge is 0.395 e. The Labute approximate surface area is 86.5 Å². The maximum atomic E-state index is 12.2. The van der Waals surface area contributed by atoms with Crippen molar-refractivity contribution in [3.63, 3.8) is 0 Å². The first-order valence-corrected chi connectivity index (χ1v) is 5.04. The molecule has 1 aliphatic rings. The van der Waals surface area contributed by atoms with Crippen LogP contribution in [0, 0.1) is 0 Å². The van der Waals surface area contributed by atoms with Crippen LogP contribution in [-0.2, 0) is 0 Å². The third-order valence-electron chi connectivity index (χ3n) is 2.68. The number of aliphatic hydroxyl groups is 2. The third kappa shape index (κ3) is 3.96. The van der Waals surface area contributed by atoms with Crippen LogP contribution >= 0.6 is 0 Å². The van der Waals surface area contributed by atoms with Crippen LogP contribution in [0.2, 0.25) is 0 Å². The van der Waals surface area contributed by atoms with Gasteiger partial charge in [0.25, 0.3) is 0 Å².